The minimum atomic E-state index is -2.53. The summed E-state index contributed by atoms with van der Waals surface area (Å²) < 4.78 is 10.4. The van der Waals surface area contributed by atoms with Gasteiger partial charge in [-0.15, -0.1) is 0 Å². The van der Waals surface area contributed by atoms with Crippen molar-refractivity contribution in [1.29, 1.82) is 0 Å². The second kappa shape index (κ2) is 5.42. The molecular weight excluding hydrogens is 190 g/mol. The van der Waals surface area contributed by atoms with Gasteiger partial charge in [0.1, 0.15) is 0 Å². The van der Waals surface area contributed by atoms with Crippen LogP contribution in [0.15, 0.2) is 30.3 Å². The lowest BCUT2D eigenvalue weighted by Crippen LogP contribution is -1.89. The Morgan fingerprint density at radius 1 is 1.25 bits per heavy atom. The van der Waals surface area contributed by atoms with Crippen LogP contribution in [0.4, 0.5) is 0 Å². The Hall–Kier alpha value is -0.228. The van der Waals surface area contributed by atoms with Crippen molar-refractivity contribution < 1.29 is 14.6 Å². The van der Waals surface area contributed by atoms with E-state index in [-0.39, 0.29) is 17.4 Å². The normalized spacial score (nSPS) is 13.0. The average molecular weight is 201 g/mol. The molecule has 0 aromatic heterocycles. The summed E-state index contributed by atoms with van der Waals surface area (Å²) in [6.45, 7) is 0. The molecule has 1 aromatic carbocycles. The van der Waals surface area contributed by atoms with Gasteiger partial charge in [0.05, 0.1) is 0 Å². The van der Waals surface area contributed by atoms with Crippen LogP contribution in [0.2, 0.25) is 0 Å². The molecule has 0 bridgehead atoms. The van der Waals surface area contributed by atoms with Crippen molar-refractivity contribution in [3.05, 3.63) is 35.9 Å². The molecule has 0 amide bonds. The highest BCUT2D eigenvalue weighted by Crippen LogP contribution is 2.34. The third-order valence-corrected chi connectivity index (χ3v) is 2.02. The van der Waals surface area contributed by atoms with Crippen LogP contribution >= 0.6 is 8.03 Å². The van der Waals surface area contributed by atoms with E-state index < -0.39 is 13.9 Å². The first kappa shape index (κ1) is 11.8. The van der Waals surface area contributed by atoms with Crippen molar-refractivity contribution in [2.24, 2.45) is 0 Å². The van der Waals surface area contributed by atoms with Gasteiger partial charge in [0.15, 0.2) is 17.4 Å². The molecule has 2 atom stereocenters. The fourth-order valence-corrected chi connectivity index (χ4v) is 1.18. The third kappa shape index (κ3) is 3.02. The number of hydrogen-bond acceptors (Lipinski definition) is 2. The Labute approximate surface area is 82.0 Å². The molecule has 0 aliphatic carbocycles. The van der Waals surface area contributed by atoms with Crippen molar-refractivity contribution in [2.75, 3.05) is 0 Å². The van der Waals surface area contributed by atoms with E-state index in [0.29, 0.717) is 5.56 Å². The quantitative estimate of drug-likeness (QED) is 0.531. The van der Waals surface area contributed by atoms with Crippen molar-refractivity contribution in [1.82, 2.24) is 0 Å². The Morgan fingerprint density at radius 2 is 1.75 bits per heavy atom. The Morgan fingerprint density at radius 3 is 2.17 bits per heavy atom. The van der Waals surface area contributed by atoms with Gasteiger partial charge in [0.2, 0.25) is 0 Å². The summed E-state index contributed by atoms with van der Waals surface area (Å²) in [7, 11) is -2.53. The van der Waals surface area contributed by atoms with Gasteiger partial charge in [-0.3, -0.25) is 0 Å². The van der Waals surface area contributed by atoms with Crippen LogP contribution in [0.25, 0.3) is 0 Å². The largest absolute Gasteiger partial charge is 0.542 e. The Kier molecular flexibility index (Phi) is 5.32. The average Bonchev–Trinajstić information content (AvgIpc) is 2.05. The summed E-state index contributed by atoms with van der Waals surface area (Å²) >= 11 is 0. The first-order valence-electron chi connectivity index (χ1n) is 3.10. The molecular formula is C7H11AlO3P+. The highest BCUT2D eigenvalue weighted by atomic mass is 31.1. The van der Waals surface area contributed by atoms with Gasteiger partial charge in [0, 0.05) is 5.56 Å². The highest BCUT2D eigenvalue weighted by molar-refractivity contribution is 7.38. The summed E-state index contributed by atoms with van der Waals surface area (Å²) in [4.78, 5) is 8.53. The van der Waals surface area contributed by atoms with Gasteiger partial charge in [-0.2, -0.15) is 4.89 Å². The second-order valence-corrected chi connectivity index (χ2v) is 3.18. The molecule has 0 fully saturated rings. The van der Waals surface area contributed by atoms with E-state index in [1.54, 1.807) is 30.3 Å². The van der Waals surface area contributed by atoms with E-state index in [0.717, 1.165) is 0 Å². The van der Waals surface area contributed by atoms with Crippen LogP contribution in [-0.4, -0.2) is 27.4 Å². The molecule has 0 heterocycles. The molecule has 64 valence electrons. The standard InChI is InChI=1S/C7H7O3P.Al.3H/c8-7(11(9)10)6-4-2-1-3-5-6;;;;/h1-5,7-8H;;;;/p+1. The predicted octanol–water partition coefficient (Wildman–Crippen LogP) is 0.228. The molecule has 0 radical (unpaired) electrons. The van der Waals surface area contributed by atoms with E-state index in [9.17, 15) is 4.57 Å². The van der Waals surface area contributed by atoms with Gasteiger partial charge in [-0.1, -0.05) is 30.3 Å². The van der Waals surface area contributed by atoms with Gasteiger partial charge in [-0.25, -0.2) is 0 Å². The fraction of sp³-hybridized carbons (Fsp3) is 0.143. The molecule has 0 saturated heterocycles. The van der Waals surface area contributed by atoms with E-state index in [4.69, 9.17) is 10.00 Å². The van der Waals surface area contributed by atoms with Gasteiger partial charge in [0.25, 0.3) is 0 Å². The molecule has 0 saturated carbocycles. The predicted molar refractivity (Wildman–Crippen MR) is 51.2 cm³/mol. The summed E-state index contributed by atoms with van der Waals surface area (Å²) in [6, 6.07) is 8.40. The van der Waals surface area contributed by atoms with E-state index in [1.165, 1.54) is 0 Å². The minimum absolute atomic E-state index is 0. The smallest absolute Gasteiger partial charge is 0.345 e. The molecule has 1 aromatic rings. The molecule has 3 nitrogen and oxygen atoms in total. The van der Waals surface area contributed by atoms with Crippen molar-refractivity contribution in [2.45, 2.75) is 5.85 Å². The second-order valence-electron chi connectivity index (χ2n) is 2.09. The summed E-state index contributed by atoms with van der Waals surface area (Å²) in [5, 5.41) is 9.06. The van der Waals surface area contributed by atoms with Crippen LogP contribution in [0.1, 0.15) is 11.4 Å². The fourth-order valence-electron chi connectivity index (χ4n) is 0.753. The van der Waals surface area contributed by atoms with Crippen molar-refractivity contribution in [3.63, 3.8) is 0 Å². The maximum Gasteiger partial charge on any atom is 0.542 e. The van der Waals surface area contributed by atoms with E-state index >= 15 is 0 Å². The number of hydrogen-bond donors (Lipinski definition) is 2. The topological polar surface area (TPSA) is 57.5 Å². The lowest BCUT2D eigenvalue weighted by molar-refractivity contribution is 0.243. The minimum Gasteiger partial charge on any atom is -0.345 e. The molecule has 0 aliphatic rings. The third-order valence-electron chi connectivity index (χ3n) is 1.31. The van der Waals surface area contributed by atoms with E-state index in [2.05, 4.69) is 0 Å². The van der Waals surface area contributed by atoms with Gasteiger partial charge >= 0.3 is 13.9 Å². The Balaban J connectivity index is 0.00000121. The SMILES string of the molecule is O=[P+](O)C(O)c1ccccc1.[AlH3]. The molecule has 0 spiro atoms. The van der Waals surface area contributed by atoms with Crippen LogP contribution in [0.3, 0.4) is 0 Å². The first-order valence-corrected chi connectivity index (χ1v) is 4.38. The summed E-state index contributed by atoms with van der Waals surface area (Å²) in [6.07, 6.45) is 0. The van der Waals surface area contributed by atoms with Crippen LogP contribution in [-0.2, 0) is 4.57 Å². The summed E-state index contributed by atoms with van der Waals surface area (Å²) in [5.74, 6) is -1.26. The van der Waals surface area contributed by atoms with Crippen molar-refractivity contribution >= 4 is 25.4 Å². The zero-order valence-electron chi connectivity index (χ0n) is 5.71. The zero-order chi connectivity index (χ0) is 8.27. The number of aliphatic hydroxyl groups excluding tert-OH is 1. The van der Waals surface area contributed by atoms with Crippen molar-refractivity contribution in [3.8, 4) is 0 Å². The van der Waals surface area contributed by atoms with E-state index in [1.807, 2.05) is 0 Å². The maximum atomic E-state index is 10.4. The van der Waals surface area contributed by atoms with Crippen LogP contribution in [0.5, 0.6) is 0 Å². The van der Waals surface area contributed by atoms with Crippen LogP contribution < -0.4 is 0 Å². The highest BCUT2D eigenvalue weighted by Gasteiger charge is 2.27. The molecule has 5 heteroatoms. The Bertz CT molecular complexity index is 252. The number of aliphatic hydroxyl groups is 1. The number of benzene rings is 1. The lowest BCUT2D eigenvalue weighted by atomic mass is 10.2. The molecule has 12 heavy (non-hydrogen) atoms. The molecule has 2 unspecified atom stereocenters. The van der Waals surface area contributed by atoms with Gasteiger partial charge in [-0.05, 0) is 4.57 Å². The molecule has 1 rings (SSSR count). The maximum absolute atomic E-state index is 10.4. The summed E-state index contributed by atoms with van der Waals surface area (Å²) in [5.41, 5.74) is 0.469. The lowest BCUT2D eigenvalue weighted by Gasteiger charge is -1.94. The number of rotatable bonds is 2. The first-order chi connectivity index (χ1) is 5.22. The monoisotopic (exact) mass is 201 g/mol. The molecule has 2 N–H and O–H groups in total. The van der Waals surface area contributed by atoms with Gasteiger partial charge < -0.3 is 5.11 Å². The molecule has 0 aliphatic heterocycles. The zero-order valence-corrected chi connectivity index (χ0v) is 6.61. The van der Waals surface area contributed by atoms with Crippen LogP contribution in [0, 0.1) is 0 Å².